The van der Waals surface area contributed by atoms with Crippen molar-refractivity contribution in [1.29, 1.82) is 0 Å². The first-order chi connectivity index (χ1) is 4.27. The van der Waals surface area contributed by atoms with Crippen LogP contribution in [0.1, 0.15) is 19.8 Å². The van der Waals surface area contributed by atoms with Crippen molar-refractivity contribution < 1.29 is 9.63 Å². The van der Waals surface area contributed by atoms with E-state index in [2.05, 4.69) is 5.48 Å². The Morgan fingerprint density at radius 2 is 2.33 bits per heavy atom. The predicted octanol–water partition coefficient (Wildman–Crippen LogP) is 0.507. The second kappa shape index (κ2) is 5.72. The van der Waals surface area contributed by atoms with E-state index in [0.29, 0.717) is 13.0 Å². The molecule has 0 unspecified atom stereocenters. The summed E-state index contributed by atoms with van der Waals surface area (Å²) in [6, 6.07) is 0. The number of ketones is 1. The molecule has 0 aliphatic rings. The van der Waals surface area contributed by atoms with Gasteiger partial charge in [0.05, 0.1) is 6.61 Å². The lowest BCUT2D eigenvalue weighted by atomic mass is 10.2. The molecule has 0 aromatic rings. The second-order valence-corrected chi connectivity index (χ2v) is 1.86. The van der Waals surface area contributed by atoms with Crippen LogP contribution in [0.2, 0.25) is 0 Å². The summed E-state index contributed by atoms with van der Waals surface area (Å²) in [5.74, 6) is 0.217. The molecular weight excluding hydrogens is 118 g/mol. The van der Waals surface area contributed by atoms with Crippen LogP contribution in [0.4, 0.5) is 0 Å². The topological polar surface area (TPSA) is 38.3 Å². The van der Waals surface area contributed by atoms with Gasteiger partial charge in [0.1, 0.15) is 5.78 Å². The molecule has 0 spiro atoms. The molecule has 0 radical (unpaired) electrons. The van der Waals surface area contributed by atoms with Gasteiger partial charge in [-0.05, 0) is 13.3 Å². The molecule has 1 N–H and O–H groups in total. The molecule has 0 fully saturated rings. The molecule has 0 aliphatic heterocycles. The van der Waals surface area contributed by atoms with Crippen LogP contribution in [0.15, 0.2) is 0 Å². The summed E-state index contributed by atoms with van der Waals surface area (Å²) in [4.78, 5) is 15.1. The first kappa shape index (κ1) is 8.59. The van der Waals surface area contributed by atoms with Crippen molar-refractivity contribution >= 4 is 5.78 Å². The van der Waals surface area contributed by atoms with Crippen LogP contribution in [0.5, 0.6) is 0 Å². The quantitative estimate of drug-likeness (QED) is 0.436. The number of carbonyl (C=O) groups is 1. The van der Waals surface area contributed by atoms with Gasteiger partial charge in [0.2, 0.25) is 0 Å². The van der Waals surface area contributed by atoms with E-state index in [4.69, 9.17) is 4.84 Å². The van der Waals surface area contributed by atoms with Gasteiger partial charge >= 0.3 is 0 Å². The average molecular weight is 131 g/mol. The first-order valence-corrected chi connectivity index (χ1v) is 3.05. The molecule has 0 saturated heterocycles. The summed E-state index contributed by atoms with van der Waals surface area (Å²) < 4.78 is 0. The Bertz CT molecular complexity index is 83.1. The summed E-state index contributed by atoms with van der Waals surface area (Å²) >= 11 is 0. The average Bonchev–Trinajstić information content (AvgIpc) is 1.80. The first-order valence-electron chi connectivity index (χ1n) is 3.05. The summed E-state index contributed by atoms with van der Waals surface area (Å²) in [5, 5.41) is 0. The van der Waals surface area contributed by atoms with Gasteiger partial charge in [-0.25, -0.2) is 5.48 Å². The van der Waals surface area contributed by atoms with Gasteiger partial charge in [0.25, 0.3) is 0 Å². The van der Waals surface area contributed by atoms with E-state index in [9.17, 15) is 4.79 Å². The molecule has 0 aromatic heterocycles. The number of hydrogen-bond acceptors (Lipinski definition) is 3. The lowest BCUT2D eigenvalue weighted by Gasteiger charge is -1.97. The highest BCUT2D eigenvalue weighted by molar-refractivity contribution is 5.75. The van der Waals surface area contributed by atoms with Crippen LogP contribution >= 0.6 is 0 Å². The van der Waals surface area contributed by atoms with Crippen LogP contribution in [-0.4, -0.2) is 19.4 Å². The van der Waals surface area contributed by atoms with Crippen molar-refractivity contribution in [2.45, 2.75) is 19.8 Å². The Morgan fingerprint density at radius 3 is 2.78 bits per heavy atom. The highest BCUT2D eigenvalue weighted by Gasteiger charge is 1.91. The molecule has 0 bridgehead atoms. The molecule has 0 amide bonds. The van der Waals surface area contributed by atoms with Crippen LogP contribution in [0.25, 0.3) is 0 Å². The predicted molar refractivity (Wildman–Crippen MR) is 34.9 cm³/mol. The van der Waals surface area contributed by atoms with Crippen LogP contribution in [0, 0.1) is 0 Å². The molecule has 9 heavy (non-hydrogen) atoms. The molecule has 0 saturated carbocycles. The fourth-order valence-corrected chi connectivity index (χ4v) is 0.495. The van der Waals surface area contributed by atoms with E-state index < -0.39 is 0 Å². The lowest BCUT2D eigenvalue weighted by molar-refractivity contribution is -0.117. The van der Waals surface area contributed by atoms with Gasteiger partial charge in [-0.3, -0.25) is 0 Å². The number of hydrogen-bond donors (Lipinski definition) is 1. The Morgan fingerprint density at radius 1 is 1.67 bits per heavy atom. The zero-order valence-corrected chi connectivity index (χ0v) is 5.94. The number of rotatable bonds is 5. The minimum absolute atomic E-state index is 0.217. The molecule has 0 aromatic carbocycles. The second-order valence-electron chi connectivity index (χ2n) is 1.86. The number of carbonyl (C=O) groups excluding carboxylic acids is 1. The Labute approximate surface area is 55.3 Å². The van der Waals surface area contributed by atoms with Gasteiger partial charge in [-0.1, -0.05) is 0 Å². The molecule has 3 heteroatoms. The number of Topliss-reactive ketones (excluding diaryl/α,β-unsaturated/α-hetero) is 1. The molecule has 0 aliphatic carbocycles. The Balaban J connectivity index is 2.83. The highest BCUT2D eigenvalue weighted by Crippen LogP contribution is 1.88. The van der Waals surface area contributed by atoms with Crippen molar-refractivity contribution in [1.82, 2.24) is 5.48 Å². The third-order valence-electron chi connectivity index (χ3n) is 0.920. The molecule has 54 valence electrons. The summed E-state index contributed by atoms with van der Waals surface area (Å²) in [6.07, 6.45) is 1.41. The third-order valence-corrected chi connectivity index (χ3v) is 0.920. The van der Waals surface area contributed by atoms with E-state index >= 15 is 0 Å². The van der Waals surface area contributed by atoms with Gasteiger partial charge < -0.3 is 9.63 Å². The van der Waals surface area contributed by atoms with Crippen molar-refractivity contribution in [3.05, 3.63) is 0 Å². The zero-order valence-electron chi connectivity index (χ0n) is 5.94. The SMILES string of the molecule is CNOCCCC(C)=O. The Hall–Kier alpha value is -0.410. The van der Waals surface area contributed by atoms with Gasteiger partial charge in [0.15, 0.2) is 0 Å². The van der Waals surface area contributed by atoms with Crippen molar-refractivity contribution in [2.75, 3.05) is 13.7 Å². The minimum Gasteiger partial charge on any atom is -0.302 e. The molecular formula is C6H13NO2. The van der Waals surface area contributed by atoms with Gasteiger partial charge in [0, 0.05) is 13.5 Å². The monoisotopic (exact) mass is 131 g/mol. The van der Waals surface area contributed by atoms with E-state index in [1.54, 1.807) is 14.0 Å². The molecule has 0 rings (SSSR count). The Kier molecular flexibility index (Phi) is 5.46. The van der Waals surface area contributed by atoms with Crippen LogP contribution in [-0.2, 0) is 9.63 Å². The fourth-order valence-electron chi connectivity index (χ4n) is 0.495. The van der Waals surface area contributed by atoms with Crippen molar-refractivity contribution in [2.24, 2.45) is 0 Å². The third kappa shape index (κ3) is 7.59. The molecule has 0 atom stereocenters. The van der Waals surface area contributed by atoms with E-state index in [0.717, 1.165) is 6.42 Å². The summed E-state index contributed by atoms with van der Waals surface area (Å²) in [6.45, 7) is 2.19. The maximum atomic E-state index is 10.3. The molecule has 3 nitrogen and oxygen atoms in total. The standard InChI is InChI=1S/C6H13NO2/c1-6(8)4-3-5-9-7-2/h7H,3-5H2,1-2H3. The van der Waals surface area contributed by atoms with Gasteiger partial charge in [-0.2, -0.15) is 0 Å². The van der Waals surface area contributed by atoms with E-state index in [-0.39, 0.29) is 5.78 Å². The lowest BCUT2D eigenvalue weighted by Crippen LogP contribution is -2.08. The smallest absolute Gasteiger partial charge is 0.129 e. The normalized spacial score (nSPS) is 9.56. The maximum absolute atomic E-state index is 10.3. The fraction of sp³-hybridized carbons (Fsp3) is 0.833. The van der Waals surface area contributed by atoms with E-state index in [1.165, 1.54) is 0 Å². The van der Waals surface area contributed by atoms with Crippen LogP contribution in [0.3, 0.4) is 0 Å². The largest absolute Gasteiger partial charge is 0.302 e. The number of hydroxylamine groups is 1. The van der Waals surface area contributed by atoms with Crippen molar-refractivity contribution in [3.63, 3.8) is 0 Å². The van der Waals surface area contributed by atoms with E-state index in [1.807, 2.05) is 0 Å². The number of nitrogens with one attached hydrogen (secondary N) is 1. The highest BCUT2D eigenvalue weighted by atomic mass is 16.6. The summed E-state index contributed by atoms with van der Waals surface area (Å²) in [7, 11) is 1.70. The minimum atomic E-state index is 0.217. The maximum Gasteiger partial charge on any atom is 0.129 e. The van der Waals surface area contributed by atoms with Gasteiger partial charge in [-0.15, -0.1) is 0 Å². The summed E-state index contributed by atoms with van der Waals surface area (Å²) in [5.41, 5.74) is 2.53. The zero-order chi connectivity index (χ0) is 7.11. The molecule has 0 heterocycles. The van der Waals surface area contributed by atoms with Crippen molar-refractivity contribution in [3.8, 4) is 0 Å². The van der Waals surface area contributed by atoms with Crippen LogP contribution < -0.4 is 5.48 Å².